The monoisotopic (exact) mass is 546 g/mol. The lowest BCUT2D eigenvalue weighted by molar-refractivity contribution is 0.0527. The molecule has 1 fully saturated rings. The van der Waals surface area contributed by atoms with Crippen molar-refractivity contribution in [2.45, 2.75) is 44.5 Å². The third-order valence-electron chi connectivity index (χ3n) is 6.05. The number of hydrogen-bond donors (Lipinski definition) is 1. The van der Waals surface area contributed by atoms with Crippen molar-refractivity contribution in [3.63, 3.8) is 0 Å². The van der Waals surface area contributed by atoms with Gasteiger partial charge >= 0.3 is 5.97 Å². The first-order chi connectivity index (χ1) is 16.3. The SMILES string of the molecule is CCOC(=O)c1c(CS(=O)CCc2ccccc2)n(C2CC2)c2cc(Br)c(O)c(CN(C)C)c12. The van der Waals surface area contributed by atoms with Crippen LogP contribution >= 0.6 is 15.9 Å². The fourth-order valence-corrected chi connectivity index (χ4v) is 6.09. The molecular formula is C26H31BrN2O4S. The lowest BCUT2D eigenvalue weighted by atomic mass is 10.0. The fourth-order valence-electron chi connectivity index (χ4n) is 4.44. The summed E-state index contributed by atoms with van der Waals surface area (Å²) in [6.07, 6.45) is 2.73. The van der Waals surface area contributed by atoms with Gasteiger partial charge in [-0.1, -0.05) is 30.3 Å². The van der Waals surface area contributed by atoms with Crippen LogP contribution in [0, 0.1) is 0 Å². The van der Waals surface area contributed by atoms with Crippen molar-refractivity contribution >= 4 is 43.6 Å². The minimum atomic E-state index is -1.17. The van der Waals surface area contributed by atoms with E-state index in [4.69, 9.17) is 4.74 Å². The van der Waals surface area contributed by atoms with E-state index in [1.54, 1.807) is 6.92 Å². The molecule has 1 atom stereocenters. The molecule has 0 spiro atoms. The highest BCUT2D eigenvalue weighted by molar-refractivity contribution is 9.10. The largest absolute Gasteiger partial charge is 0.506 e. The Morgan fingerprint density at radius 3 is 2.59 bits per heavy atom. The summed E-state index contributed by atoms with van der Waals surface area (Å²) in [5.74, 6) is 0.476. The van der Waals surface area contributed by atoms with Crippen LogP contribution in [-0.4, -0.2) is 51.2 Å². The van der Waals surface area contributed by atoms with E-state index in [-0.39, 0.29) is 24.2 Å². The first kappa shape index (κ1) is 24.9. The number of halogens is 1. The van der Waals surface area contributed by atoms with E-state index in [1.807, 2.05) is 55.4 Å². The third kappa shape index (κ3) is 5.24. The van der Waals surface area contributed by atoms with Gasteiger partial charge in [-0.25, -0.2) is 4.79 Å². The van der Waals surface area contributed by atoms with Crippen molar-refractivity contribution in [2.75, 3.05) is 26.5 Å². The maximum atomic E-state index is 13.3. The molecule has 0 amide bonds. The lowest BCUT2D eigenvalue weighted by Crippen LogP contribution is -2.14. The van der Waals surface area contributed by atoms with Gasteiger partial charge < -0.3 is 19.3 Å². The number of hydrogen-bond acceptors (Lipinski definition) is 5. The van der Waals surface area contributed by atoms with Crippen LogP contribution < -0.4 is 0 Å². The highest BCUT2D eigenvalue weighted by Crippen LogP contribution is 2.46. The van der Waals surface area contributed by atoms with Gasteiger partial charge in [0.15, 0.2) is 0 Å². The molecule has 2 aromatic carbocycles. The van der Waals surface area contributed by atoms with E-state index in [0.29, 0.717) is 39.7 Å². The van der Waals surface area contributed by atoms with Crippen LogP contribution in [0.3, 0.4) is 0 Å². The Morgan fingerprint density at radius 1 is 1.26 bits per heavy atom. The molecule has 1 aliphatic carbocycles. The first-order valence-corrected chi connectivity index (χ1v) is 13.9. The van der Waals surface area contributed by atoms with Crippen molar-refractivity contribution in [1.29, 1.82) is 0 Å². The number of aryl methyl sites for hydroxylation is 1. The molecular weight excluding hydrogens is 516 g/mol. The Morgan fingerprint density at radius 2 is 1.97 bits per heavy atom. The van der Waals surface area contributed by atoms with Crippen molar-refractivity contribution in [2.24, 2.45) is 0 Å². The van der Waals surface area contributed by atoms with Gasteiger partial charge in [0.05, 0.1) is 27.9 Å². The van der Waals surface area contributed by atoms with E-state index >= 15 is 0 Å². The molecule has 1 saturated carbocycles. The second-order valence-electron chi connectivity index (χ2n) is 8.98. The molecule has 1 heterocycles. The standard InChI is InChI=1S/C26H31BrN2O4S/c1-4-33-26(31)24-22(16-34(32)13-12-17-8-6-5-7-9-17)29(18-10-11-18)21-14-20(27)25(30)19(23(21)24)15-28(2)3/h5-9,14,18,30H,4,10-13,15-16H2,1-3H3. The predicted octanol–water partition coefficient (Wildman–Crippen LogP) is 5.17. The molecule has 1 unspecified atom stereocenters. The lowest BCUT2D eigenvalue weighted by Gasteiger charge is -2.15. The van der Waals surface area contributed by atoms with Gasteiger partial charge in [-0.3, -0.25) is 4.21 Å². The molecule has 3 aromatic rings. The molecule has 0 bridgehead atoms. The fraction of sp³-hybridized carbons (Fsp3) is 0.423. The molecule has 0 radical (unpaired) electrons. The van der Waals surface area contributed by atoms with Crippen molar-refractivity contribution in [1.82, 2.24) is 9.47 Å². The number of esters is 1. The molecule has 0 saturated heterocycles. The van der Waals surface area contributed by atoms with Gasteiger partial charge in [0.1, 0.15) is 5.75 Å². The number of benzene rings is 2. The Kier molecular flexibility index (Phi) is 7.80. The average molecular weight is 548 g/mol. The molecule has 4 rings (SSSR count). The topological polar surface area (TPSA) is 71.8 Å². The zero-order valence-corrected chi connectivity index (χ0v) is 22.2. The Balaban J connectivity index is 1.83. The zero-order chi connectivity index (χ0) is 24.4. The maximum absolute atomic E-state index is 13.3. The number of phenols is 1. The number of rotatable bonds is 10. The summed E-state index contributed by atoms with van der Waals surface area (Å²) in [5, 5.41) is 11.6. The van der Waals surface area contributed by atoms with Crippen molar-refractivity contribution < 1.29 is 18.8 Å². The summed E-state index contributed by atoms with van der Waals surface area (Å²) < 4.78 is 21.5. The Bertz CT molecular complexity index is 1220. The van der Waals surface area contributed by atoms with Crippen LogP contribution in [0.1, 0.15) is 53.0 Å². The van der Waals surface area contributed by atoms with Crippen molar-refractivity contribution in [3.05, 3.63) is 63.3 Å². The Labute approximate surface area is 211 Å². The van der Waals surface area contributed by atoms with Crippen LogP contribution in [0.5, 0.6) is 5.75 Å². The maximum Gasteiger partial charge on any atom is 0.340 e. The van der Waals surface area contributed by atoms with Gasteiger partial charge in [-0.05, 0) is 67.8 Å². The van der Waals surface area contributed by atoms with Gasteiger partial charge in [0.25, 0.3) is 0 Å². The van der Waals surface area contributed by atoms with E-state index in [0.717, 1.165) is 29.6 Å². The zero-order valence-electron chi connectivity index (χ0n) is 19.8. The molecule has 1 N–H and O–H groups in total. The van der Waals surface area contributed by atoms with Gasteiger partial charge in [0, 0.05) is 45.8 Å². The summed E-state index contributed by atoms with van der Waals surface area (Å²) in [7, 11) is 2.68. The minimum absolute atomic E-state index is 0.122. The predicted molar refractivity (Wildman–Crippen MR) is 140 cm³/mol. The molecule has 0 aliphatic heterocycles. The van der Waals surface area contributed by atoms with Gasteiger partial charge in [-0.15, -0.1) is 0 Å². The Hall–Kier alpha value is -2.16. The van der Waals surface area contributed by atoms with E-state index in [2.05, 4.69) is 20.5 Å². The minimum Gasteiger partial charge on any atom is -0.506 e. The van der Waals surface area contributed by atoms with Crippen LogP contribution in [-0.2, 0) is 34.3 Å². The number of aromatic hydroxyl groups is 1. The summed E-state index contributed by atoms with van der Waals surface area (Å²) >= 11 is 3.51. The highest BCUT2D eigenvalue weighted by Gasteiger charge is 2.35. The number of carbonyl (C=O) groups excluding carboxylic acids is 1. The number of fused-ring (bicyclic) bond motifs is 1. The third-order valence-corrected chi connectivity index (χ3v) is 7.91. The molecule has 34 heavy (non-hydrogen) atoms. The van der Waals surface area contributed by atoms with Gasteiger partial charge in [-0.2, -0.15) is 0 Å². The molecule has 6 nitrogen and oxygen atoms in total. The van der Waals surface area contributed by atoms with Crippen LogP contribution in [0.15, 0.2) is 40.9 Å². The summed E-state index contributed by atoms with van der Waals surface area (Å²) in [5.41, 5.74) is 3.89. The second-order valence-corrected chi connectivity index (χ2v) is 11.4. The van der Waals surface area contributed by atoms with E-state index in [9.17, 15) is 14.1 Å². The number of ether oxygens (including phenoxy) is 1. The number of nitrogens with zero attached hydrogens (tertiary/aromatic N) is 2. The van der Waals surface area contributed by atoms with E-state index in [1.165, 1.54) is 0 Å². The summed E-state index contributed by atoms with van der Waals surface area (Å²) in [6, 6.07) is 12.2. The van der Waals surface area contributed by atoms with Crippen molar-refractivity contribution in [3.8, 4) is 5.75 Å². The first-order valence-electron chi connectivity index (χ1n) is 11.6. The van der Waals surface area contributed by atoms with Crippen LogP contribution in [0.4, 0.5) is 0 Å². The summed E-state index contributed by atoms with van der Waals surface area (Å²) in [6.45, 7) is 2.49. The highest BCUT2D eigenvalue weighted by atomic mass is 79.9. The molecule has 1 aliphatic rings. The quantitative estimate of drug-likeness (QED) is 0.355. The van der Waals surface area contributed by atoms with Crippen LogP contribution in [0.2, 0.25) is 0 Å². The molecule has 1 aromatic heterocycles. The normalized spacial score (nSPS) is 14.6. The second kappa shape index (κ2) is 10.6. The average Bonchev–Trinajstić information content (AvgIpc) is 3.58. The smallest absolute Gasteiger partial charge is 0.340 e. The van der Waals surface area contributed by atoms with Crippen LogP contribution in [0.25, 0.3) is 10.9 Å². The number of carbonyl (C=O) groups is 1. The molecule has 8 heteroatoms. The number of aromatic nitrogens is 1. The van der Waals surface area contributed by atoms with E-state index < -0.39 is 16.8 Å². The number of phenolic OH excluding ortho intramolecular Hbond substituents is 1. The van der Waals surface area contributed by atoms with Gasteiger partial charge in [0.2, 0.25) is 0 Å². The molecule has 182 valence electrons. The summed E-state index contributed by atoms with van der Waals surface area (Å²) in [4.78, 5) is 15.2.